The summed E-state index contributed by atoms with van der Waals surface area (Å²) in [6.45, 7) is 8.33. The van der Waals surface area contributed by atoms with E-state index in [2.05, 4.69) is 36.2 Å². The zero-order valence-corrected chi connectivity index (χ0v) is 11.6. The van der Waals surface area contributed by atoms with Crippen LogP contribution in [0.4, 0.5) is 11.5 Å². The smallest absolute Gasteiger partial charge is 0.147 e. The number of anilines is 2. The molecule has 17 heavy (non-hydrogen) atoms. The van der Waals surface area contributed by atoms with Gasteiger partial charge in [0.05, 0.1) is 11.4 Å². The lowest BCUT2D eigenvalue weighted by molar-refractivity contribution is 0.273. The van der Waals surface area contributed by atoms with Crippen LogP contribution in [-0.2, 0) is 7.05 Å². The maximum Gasteiger partial charge on any atom is 0.147 e. The molecule has 0 saturated carbocycles. The van der Waals surface area contributed by atoms with Crippen LogP contribution in [0.2, 0.25) is 0 Å². The minimum atomic E-state index is 0.596. The average molecular weight is 239 g/mol. The van der Waals surface area contributed by atoms with Crippen molar-refractivity contribution in [1.29, 1.82) is 0 Å². The van der Waals surface area contributed by atoms with Gasteiger partial charge in [-0.2, -0.15) is 5.10 Å². The van der Waals surface area contributed by atoms with Gasteiger partial charge in [-0.15, -0.1) is 0 Å². The molecule has 0 fully saturated rings. The third-order valence-electron chi connectivity index (χ3n) is 3.13. The summed E-state index contributed by atoms with van der Waals surface area (Å²) in [5.74, 6) is 0.926. The van der Waals surface area contributed by atoms with Crippen LogP contribution in [0.3, 0.4) is 0 Å². The van der Waals surface area contributed by atoms with Crippen molar-refractivity contribution in [1.82, 2.24) is 14.7 Å². The van der Waals surface area contributed by atoms with Crippen molar-refractivity contribution < 1.29 is 0 Å². The number of nitrogens with one attached hydrogen (secondary N) is 1. The highest BCUT2D eigenvalue weighted by molar-refractivity contribution is 5.64. The highest BCUT2D eigenvalue weighted by Gasteiger charge is 2.09. The minimum absolute atomic E-state index is 0.596. The van der Waals surface area contributed by atoms with Crippen molar-refractivity contribution >= 4 is 11.5 Å². The SMILES string of the molecule is Cc1nn(C)c(NCCCN(C)C(C)C)c1N. The van der Waals surface area contributed by atoms with E-state index in [1.165, 1.54) is 0 Å². The first-order valence-electron chi connectivity index (χ1n) is 6.16. The van der Waals surface area contributed by atoms with Gasteiger partial charge in [-0.25, -0.2) is 0 Å². The summed E-state index contributed by atoms with van der Waals surface area (Å²) in [4.78, 5) is 2.33. The Bertz CT molecular complexity index is 356. The maximum absolute atomic E-state index is 5.94. The summed E-state index contributed by atoms with van der Waals surface area (Å²) >= 11 is 0. The number of aromatic nitrogens is 2. The molecule has 0 spiro atoms. The molecule has 1 aromatic heterocycles. The second-order valence-corrected chi connectivity index (χ2v) is 4.83. The Morgan fingerprint density at radius 3 is 2.59 bits per heavy atom. The van der Waals surface area contributed by atoms with Crippen molar-refractivity contribution in [2.75, 3.05) is 31.2 Å². The zero-order chi connectivity index (χ0) is 13.0. The standard InChI is InChI=1S/C12H25N5/c1-9(2)16(4)8-6-7-14-12-11(13)10(3)15-17(12)5/h9,14H,6-8,13H2,1-5H3. The predicted molar refractivity (Wildman–Crippen MR) is 73.2 cm³/mol. The molecule has 5 heteroatoms. The van der Waals surface area contributed by atoms with Crippen LogP contribution in [0.25, 0.3) is 0 Å². The van der Waals surface area contributed by atoms with Crippen LogP contribution in [0.15, 0.2) is 0 Å². The number of hydrogen-bond donors (Lipinski definition) is 2. The number of nitrogens with zero attached hydrogens (tertiary/aromatic N) is 3. The van der Waals surface area contributed by atoms with Crippen LogP contribution in [0, 0.1) is 6.92 Å². The molecule has 3 N–H and O–H groups in total. The van der Waals surface area contributed by atoms with Crippen LogP contribution >= 0.6 is 0 Å². The van der Waals surface area contributed by atoms with E-state index in [0.717, 1.165) is 36.7 Å². The first-order valence-corrected chi connectivity index (χ1v) is 6.16. The van der Waals surface area contributed by atoms with E-state index in [1.807, 2.05) is 14.0 Å². The summed E-state index contributed by atoms with van der Waals surface area (Å²) in [5, 5.41) is 7.62. The summed E-state index contributed by atoms with van der Waals surface area (Å²) in [6.07, 6.45) is 1.10. The molecule has 0 unspecified atom stereocenters. The summed E-state index contributed by atoms with van der Waals surface area (Å²) in [6, 6.07) is 0.596. The molecule has 0 amide bonds. The Morgan fingerprint density at radius 1 is 1.47 bits per heavy atom. The Balaban J connectivity index is 2.36. The highest BCUT2D eigenvalue weighted by atomic mass is 15.3. The Labute approximate surface area is 104 Å². The monoisotopic (exact) mass is 239 g/mol. The van der Waals surface area contributed by atoms with Crippen LogP contribution in [0.5, 0.6) is 0 Å². The molecule has 0 aromatic carbocycles. The molecule has 0 radical (unpaired) electrons. The molecule has 0 saturated heterocycles. The van der Waals surface area contributed by atoms with Gasteiger partial charge in [-0.1, -0.05) is 0 Å². The van der Waals surface area contributed by atoms with E-state index >= 15 is 0 Å². The average Bonchev–Trinajstić information content (AvgIpc) is 2.49. The fourth-order valence-electron chi connectivity index (χ4n) is 1.68. The molecule has 1 heterocycles. The highest BCUT2D eigenvalue weighted by Crippen LogP contribution is 2.20. The molecular formula is C12H25N5. The summed E-state index contributed by atoms with van der Waals surface area (Å²) in [5.41, 5.74) is 7.58. The first-order chi connectivity index (χ1) is 7.93. The second kappa shape index (κ2) is 5.91. The largest absolute Gasteiger partial charge is 0.394 e. The summed E-state index contributed by atoms with van der Waals surface area (Å²) < 4.78 is 1.80. The van der Waals surface area contributed by atoms with E-state index in [-0.39, 0.29) is 0 Å². The molecule has 0 atom stereocenters. The van der Waals surface area contributed by atoms with Gasteiger partial charge < -0.3 is 16.0 Å². The molecule has 0 aliphatic heterocycles. The maximum atomic E-state index is 5.94. The van der Waals surface area contributed by atoms with Gasteiger partial charge in [0, 0.05) is 19.6 Å². The first kappa shape index (κ1) is 13.8. The van der Waals surface area contributed by atoms with Crippen LogP contribution in [0.1, 0.15) is 26.0 Å². The lowest BCUT2D eigenvalue weighted by atomic mass is 10.3. The van der Waals surface area contributed by atoms with Crippen molar-refractivity contribution in [3.05, 3.63) is 5.69 Å². The third kappa shape index (κ3) is 3.63. The van der Waals surface area contributed by atoms with Gasteiger partial charge >= 0.3 is 0 Å². The lowest BCUT2D eigenvalue weighted by Gasteiger charge is -2.20. The number of aryl methyl sites for hydroxylation is 2. The normalized spacial score (nSPS) is 11.5. The van der Waals surface area contributed by atoms with Gasteiger partial charge in [-0.05, 0) is 40.8 Å². The molecular weight excluding hydrogens is 214 g/mol. The Morgan fingerprint density at radius 2 is 2.12 bits per heavy atom. The lowest BCUT2D eigenvalue weighted by Crippen LogP contribution is -2.28. The zero-order valence-electron chi connectivity index (χ0n) is 11.6. The Hall–Kier alpha value is -1.23. The predicted octanol–water partition coefficient (Wildman–Crippen LogP) is 1.45. The van der Waals surface area contributed by atoms with Crippen LogP contribution in [-0.4, -0.2) is 40.9 Å². The van der Waals surface area contributed by atoms with Crippen molar-refractivity contribution in [3.8, 4) is 0 Å². The fraction of sp³-hybridized carbons (Fsp3) is 0.750. The number of nitrogen functional groups attached to an aromatic ring is 1. The van der Waals surface area contributed by atoms with Crippen molar-refractivity contribution in [2.24, 2.45) is 7.05 Å². The number of rotatable bonds is 6. The van der Waals surface area contributed by atoms with Gasteiger partial charge in [0.25, 0.3) is 0 Å². The fourth-order valence-corrected chi connectivity index (χ4v) is 1.68. The van der Waals surface area contributed by atoms with Crippen LogP contribution < -0.4 is 11.1 Å². The summed E-state index contributed by atoms with van der Waals surface area (Å²) in [7, 11) is 4.05. The van der Waals surface area contributed by atoms with E-state index in [0.29, 0.717) is 6.04 Å². The van der Waals surface area contributed by atoms with Gasteiger partial charge in [-0.3, -0.25) is 4.68 Å². The molecule has 0 bridgehead atoms. The molecule has 0 aliphatic rings. The molecule has 5 nitrogen and oxygen atoms in total. The second-order valence-electron chi connectivity index (χ2n) is 4.83. The topological polar surface area (TPSA) is 59.1 Å². The van der Waals surface area contributed by atoms with Gasteiger partial charge in [0.1, 0.15) is 5.82 Å². The van der Waals surface area contributed by atoms with E-state index in [9.17, 15) is 0 Å². The quantitative estimate of drug-likeness (QED) is 0.738. The molecule has 1 rings (SSSR count). The minimum Gasteiger partial charge on any atom is -0.394 e. The van der Waals surface area contributed by atoms with E-state index < -0.39 is 0 Å². The third-order valence-corrected chi connectivity index (χ3v) is 3.13. The Kier molecular flexibility index (Phi) is 4.81. The van der Waals surface area contributed by atoms with Gasteiger partial charge in [0.15, 0.2) is 0 Å². The molecule has 98 valence electrons. The molecule has 1 aromatic rings. The number of hydrogen-bond acceptors (Lipinski definition) is 4. The van der Waals surface area contributed by atoms with E-state index in [1.54, 1.807) is 4.68 Å². The molecule has 0 aliphatic carbocycles. The van der Waals surface area contributed by atoms with Crippen molar-refractivity contribution in [2.45, 2.75) is 33.2 Å². The van der Waals surface area contributed by atoms with Gasteiger partial charge in [0.2, 0.25) is 0 Å². The number of nitrogens with two attached hydrogens (primary N) is 1. The van der Waals surface area contributed by atoms with E-state index in [4.69, 9.17) is 5.73 Å². The van der Waals surface area contributed by atoms with Crippen molar-refractivity contribution in [3.63, 3.8) is 0 Å².